The van der Waals surface area contributed by atoms with Crippen LogP contribution in [0.3, 0.4) is 0 Å². The Morgan fingerprint density at radius 1 is 0.667 bits per heavy atom. The minimum Gasteiger partial charge on any atom is -0.374 e. The van der Waals surface area contributed by atoms with E-state index in [-0.39, 0.29) is 0 Å². The molecule has 0 aromatic heterocycles. The molecule has 0 aliphatic rings. The highest BCUT2D eigenvalue weighted by atomic mass is 15.1. The number of aryl methyl sites for hydroxylation is 6. The zero-order valence-corrected chi connectivity index (χ0v) is 16.6. The van der Waals surface area contributed by atoms with Crippen LogP contribution < -0.4 is 4.90 Å². The molecular formula is C23H33N. The predicted molar refractivity (Wildman–Crippen MR) is 108 cm³/mol. The first-order chi connectivity index (χ1) is 11.3. The first-order valence-corrected chi connectivity index (χ1v) is 9.15. The molecule has 0 saturated heterocycles. The molecule has 24 heavy (non-hydrogen) atoms. The number of rotatable bonds is 6. The predicted octanol–water partition coefficient (Wildman–Crippen LogP) is 6.00. The van der Waals surface area contributed by atoms with Crippen LogP contribution in [0.4, 0.5) is 5.69 Å². The van der Waals surface area contributed by atoms with Crippen LogP contribution in [0.5, 0.6) is 0 Å². The zero-order valence-electron chi connectivity index (χ0n) is 16.6. The molecule has 0 radical (unpaired) electrons. The van der Waals surface area contributed by atoms with Gasteiger partial charge in [-0.05, 0) is 88.6 Å². The van der Waals surface area contributed by atoms with Crippen LogP contribution in [0.1, 0.15) is 51.8 Å². The van der Waals surface area contributed by atoms with Gasteiger partial charge in [0.2, 0.25) is 0 Å². The lowest BCUT2D eigenvalue weighted by molar-refractivity contribution is 0.713. The standard InChI is InChI=1S/C23H33N/c1-16-12-18(3)22(19(4)13-16)10-8-9-11-24(7)23-20(5)14-17(2)15-21(23)6/h12-15H,8-11H2,1-7H3. The summed E-state index contributed by atoms with van der Waals surface area (Å²) < 4.78 is 0. The molecule has 0 atom stereocenters. The quantitative estimate of drug-likeness (QED) is 0.590. The van der Waals surface area contributed by atoms with E-state index in [1.165, 1.54) is 58.3 Å². The maximum Gasteiger partial charge on any atom is 0.0423 e. The van der Waals surface area contributed by atoms with Crippen molar-refractivity contribution in [3.63, 3.8) is 0 Å². The third kappa shape index (κ3) is 4.41. The highest BCUT2D eigenvalue weighted by molar-refractivity contribution is 5.59. The van der Waals surface area contributed by atoms with E-state index in [2.05, 4.69) is 77.8 Å². The number of benzene rings is 2. The van der Waals surface area contributed by atoms with Gasteiger partial charge in [-0.1, -0.05) is 35.4 Å². The average molecular weight is 324 g/mol. The number of hydrogen-bond donors (Lipinski definition) is 0. The lowest BCUT2D eigenvalue weighted by atomic mass is 9.95. The van der Waals surface area contributed by atoms with Gasteiger partial charge >= 0.3 is 0 Å². The van der Waals surface area contributed by atoms with Gasteiger partial charge in [0.15, 0.2) is 0 Å². The van der Waals surface area contributed by atoms with E-state index in [1.54, 1.807) is 5.56 Å². The molecule has 2 rings (SSSR count). The third-order valence-electron chi connectivity index (χ3n) is 5.03. The molecular weight excluding hydrogens is 290 g/mol. The van der Waals surface area contributed by atoms with Gasteiger partial charge < -0.3 is 4.90 Å². The van der Waals surface area contributed by atoms with Crippen LogP contribution in [0.25, 0.3) is 0 Å². The Morgan fingerprint density at radius 3 is 1.62 bits per heavy atom. The first-order valence-electron chi connectivity index (χ1n) is 9.15. The van der Waals surface area contributed by atoms with Crippen molar-refractivity contribution in [2.75, 3.05) is 18.5 Å². The lowest BCUT2D eigenvalue weighted by Gasteiger charge is -2.24. The Hall–Kier alpha value is -1.76. The van der Waals surface area contributed by atoms with E-state index in [4.69, 9.17) is 0 Å². The van der Waals surface area contributed by atoms with Crippen molar-refractivity contribution >= 4 is 5.69 Å². The Balaban J connectivity index is 1.93. The van der Waals surface area contributed by atoms with Crippen molar-refractivity contribution in [3.8, 4) is 0 Å². The van der Waals surface area contributed by atoms with Crippen molar-refractivity contribution in [2.24, 2.45) is 0 Å². The SMILES string of the molecule is Cc1cc(C)c(CCCCN(C)c2c(C)cc(C)cc2C)c(C)c1. The minimum atomic E-state index is 1.12. The second kappa shape index (κ2) is 7.88. The number of anilines is 1. The van der Waals surface area contributed by atoms with Gasteiger partial charge in [0.25, 0.3) is 0 Å². The molecule has 2 aromatic rings. The summed E-state index contributed by atoms with van der Waals surface area (Å²) in [5.74, 6) is 0. The monoisotopic (exact) mass is 323 g/mol. The van der Waals surface area contributed by atoms with Gasteiger partial charge in [0, 0.05) is 19.3 Å². The maximum absolute atomic E-state index is 2.43. The van der Waals surface area contributed by atoms with Crippen LogP contribution in [0, 0.1) is 41.5 Å². The summed E-state index contributed by atoms with van der Waals surface area (Å²) in [4.78, 5) is 2.43. The molecule has 0 amide bonds. The molecule has 0 saturated carbocycles. The van der Waals surface area contributed by atoms with Gasteiger partial charge in [-0.15, -0.1) is 0 Å². The Morgan fingerprint density at radius 2 is 1.12 bits per heavy atom. The normalized spacial score (nSPS) is 11.0. The fourth-order valence-electron chi connectivity index (χ4n) is 4.14. The molecule has 1 nitrogen and oxygen atoms in total. The van der Waals surface area contributed by atoms with Crippen molar-refractivity contribution < 1.29 is 0 Å². The molecule has 0 spiro atoms. The highest BCUT2D eigenvalue weighted by Crippen LogP contribution is 2.26. The fourth-order valence-corrected chi connectivity index (χ4v) is 4.14. The summed E-state index contributed by atoms with van der Waals surface area (Å²) in [7, 11) is 2.23. The van der Waals surface area contributed by atoms with Crippen molar-refractivity contribution in [1.82, 2.24) is 0 Å². The molecule has 0 unspecified atom stereocenters. The molecule has 2 aromatic carbocycles. The Labute approximate surface area is 148 Å². The Bertz CT molecular complexity index is 666. The molecule has 1 heteroatoms. The van der Waals surface area contributed by atoms with Crippen LogP contribution >= 0.6 is 0 Å². The average Bonchev–Trinajstić information content (AvgIpc) is 2.44. The third-order valence-corrected chi connectivity index (χ3v) is 5.03. The maximum atomic E-state index is 2.43. The van der Waals surface area contributed by atoms with Gasteiger partial charge in [0.1, 0.15) is 0 Å². The second-order valence-electron chi connectivity index (χ2n) is 7.50. The highest BCUT2D eigenvalue weighted by Gasteiger charge is 2.09. The van der Waals surface area contributed by atoms with Gasteiger partial charge in [-0.2, -0.15) is 0 Å². The summed E-state index contributed by atoms with van der Waals surface area (Å²) in [5, 5.41) is 0. The number of hydrogen-bond acceptors (Lipinski definition) is 1. The largest absolute Gasteiger partial charge is 0.374 e. The van der Waals surface area contributed by atoms with Crippen LogP contribution in [0.2, 0.25) is 0 Å². The molecule has 0 aliphatic heterocycles. The summed E-state index contributed by atoms with van der Waals surface area (Å²) in [6, 6.07) is 9.21. The molecule has 0 heterocycles. The van der Waals surface area contributed by atoms with Crippen molar-refractivity contribution in [3.05, 3.63) is 63.2 Å². The zero-order chi connectivity index (χ0) is 17.9. The smallest absolute Gasteiger partial charge is 0.0423 e. The lowest BCUT2D eigenvalue weighted by Crippen LogP contribution is -2.20. The summed E-state index contributed by atoms with van der Waals surface area (Å²) in [6.07, 6.45) is 3.67. The van der Waals surface area contributed by atoms with Gasteiger partial charge in [-0.25, -0.2) is 0 Å². The van der Waals surface area contributed by atoms with E-state index in [1.807, 2.05) is 0 Å². The molecule has 0 N–H and O–H groups in total. The topological polar surface area (TPSA) is 3.24 Å². The van der Waals surface area contributed by atoms with E-state index in [9.17, 15) is 0 Å². The summed E-state index contributed by atoms with van der Waals surface area (Å²) in [5.41, 5.74) is 11.4. The van der Waals surface area contributed by atoms with Crippen molar-refractivity contribution in [1.29, 1.82) is 0 Å². The van der Waals surface area contributed by atoms with Gasteiger partial charge in [0.05, 0.1) is 0 Å². The summed E-state index contributed by atoms with van der Waals surface area (Å²) >= 11 is 0. The number of nitrogens with zero attached hydrogens (tertiary/aromatic N) is 1. The van der Waals surface area contributed by atoms with E-state index >= 15 is 0 Å². The van der Waals surface area contributed by atoms with E-state index in [0.717, 1.165) is 6.54 Å². The minimum absolute atomic E-state index is 1.12. The molecule has 0 bridgehead atoms. The molecule has 0 aliphatic carbocycles. The first kappa shape index (κ1) is 18.6. The van der Waals surface area contributed by atoms with Crippen LogP contribution in [0.15, 0.2) is 24.3 Å². The Kier molecular flexibility index (Phi) is 6.10. The van der Waals surface area contributed by atoms with Crippen LogP contribution in [-0.4, -0.2) is 13.6 Å². The van der Waals surface area contributed by atoms with Crippen LogP contribution in [-0.2, 0) is 6.42 Å². The summed E-state index contributed by atoms with van der Waals surface area (Å²) in [6.45, 7) is 14.4. The molecule has 0 fully saturated rings. The fraction of sp³-hybridized carbons (Fsp3) is 0.478. The van der Waals surface area contributed by atoms with E-state index < -0.39 is 0 Å². The van der Waals surface area contributed by atoms with Gasteiger partial charge in [-0.3, -0.25) is 0 Å². The van der Waals surface area contributed by atoms with E-state index in [0.29, 0.717) is 0 Å². The number of unbranched alkanes of at least 4 members (excludes halogenated alkanes) is 1. The molecule has 130 valence electrons. The second-order valence-corrected chi connectivity index (χ2v) is 7.50. The van der Waals surface area contributed by atoms with Crippen molar-refractivity contribution in [2.45, 2.75) is 60.8 Å².